The Morgan fingerprint density at radius 2 is 1.82 bits per heavy atom. The van der Waals surface area contributed by atoms with Crippen LogP contribution in [-0.2, 0) is 22.7 Å². The second-order valence-electron chi connectivity index (χ2n) is 9.68. The fourth-order valence-corrected chi connectivity index (χ4v) is 4.61. The van der Waals surface area contributed by atoms with E-state index in [1.807, 2.05) is 62.5 Å². The number of amides is 2. The van der Waals surface area contributed by atoms with E-state index in [0.29, 0.717) is 22.2 Å². The lowest BCUT2D eigenvalue weighted by Crippen LogP contribution is -2.49. The molecule has 0 saturated carbocycles. The fraction of sp³-hybridized carbons (Fsp3) is 0.296. The Morgan fingerprint density at radius 1 is 1.11 bits per heavy atom. The zero-order chi connectivity index (χ0) is 27.3. The van der Waals surface area contributed by atoms with E-state index in [0.717, 1.165) is 10.4 Å². The molecule has 2 amide bonds. The lowest BCUT2D eigenvalue weighted by atomic mass is 10.0. The third-order valence-corrected chi connectivity index (χ3v) is 6.67. The summed E-state index contributed by atoms with van der Waals surface area (Å²) < 4.78 is 5.27. The van der Waals surface area contributed by atoms with Crippen molar-refractivity contribution in [3.05, 3.63) is 82.2 Å². The van der Waals surface area contributed by atoms with Crippen molar-refractivity contribution in [2.75, 3.05) is 7.11 Å². The lowest BCUT2D eigenvalue weighted by Gasteiger charge is -2.33. The third kappa shape index (κ3) is 6.96. The summed E-state index contributed by atoms with van der Waals surface area (Å²) in [6.07, 6.45) is 0. The third-order valence-electron chi connectivity index (χ3n) is 5.55. The van der Waals surface area contributed by atoms with Crippen LogP contribution in [0.2, 0.25) is 5.02 Å². The summed E-state index contributed by atoms with van der Waals surface area (Å²) in [6.45, 7) is 5.66. The number of hydrogen-bond acceptors (Lipinski definition) is 7. The highest BCUT2D eigenvalue weighted by molar-refractivity contribution is 7.13. The molecule has 1 N–H and O–H groups in total. The molecule has 0 fully saturated rings. The molecule has 2 heterocycles. The lowest BCUT2D eigenvalue weighted by molar-refractivity contribution is -0.143. The Kier molecular flexibility index (Phi) is 8.43. The van der Waals surface area contributed by atoms with E-state index in [9.17, 15) is 9.59 Å². The summed E-state index contributed by atoms with van der Waals surface area (Å²) in [5, 5.41) is 18.0. The molecule has 9 nitrogen and oxygen atoms in total. The van der Waals surface area contributed by atoms with Crippen molar-refractivity contribution in [1.29, 1.82) is 0 Å². The predicted octanol–water partition coefficient (Wildman–Crippen LogP) is 4.75. The molecule has 38 heavy (non-hydrogen) atoms. The number of benzene rings is 2. The minimum atomic E-state index is -0.929. The maximum atomic E-state index is 13.9. The SMILES string of the molecule is COc1ccc(CN(C(=O)Cn2nnc(-c3cccs3)n2)C(C(=O)NC(C)(C)C)c2ccc(Cl)cc2)cc1. The predicted molar refractivity (Wildman–Crippen MR) is 147 cm³/mol. The zero-order valence-electron chi connectivity index (χ0n) is 21.6. The molecule has 0 aliphatic carbocycles. The molecule has 11 heteroatoms. The minimum Gasteiger partial charge on any atom is -0.497 e. The van der Waals surface area contributed by atoms with E-state index in [4.69, 9.17) is 16.3 Å². The molecule has 0 aliphatic heterocycles. The number of methoxy groups -OCH3 is 1. The van der Waals surface area contributed by atoms with Gasteiger partial charge in [0.25, 0.3) is 0 Å². The minimum absolute atomic E-state index is 0.167. The summed E-state index contributed by atoms with van der Waals surface area (Å²) in [4.78, 5) is 31.2. The maximum absolute atomic E-state index is 13.9. The number of thiophene rings is 1. The zero-order valence-corrected chi connectivity index (χ0v) is 23.2. The van der Waals surface area contributed by atoms with E-state index < -0.39 is 11.6 Å². The molecule has 0 spiro atoms. The summed E-state index contributed by atoms with van der Waals surface area (Å²) in [7, 11) is 1.59. The van der Waals surface area contributed by atoms with E-state index in [1.54, 1.807) is 31.4 Å². The molecule has 0 radical (unpaired) electrons. The first kappa shape index (κ1) is 27.3. The number of hydrogen-bond donors (Lipinski definition) is 1. The monoisotopic (exact) mass is 552 g/mol. The van der Waals surface area contributed by atoms with Gasteiger partial charge < -0.3 is 15.0 Å². The topological polar surface area (TPSA) is 102 Å². The Bertz CT molecular complexity index is 1370. The average Bonchev–Trinajstić information content (AvgIpc) is 3.56. The number of ether oxygens (including phenoxy) is 1. The van der Waals surface area contributed by atoms with Gasteiger partial charge in [-0.3, -0.25) is 9.59 Å². The molecule has 2 aromatic heterocycles. The molecule has 4 aromatic rings. The average molecular weight is 553 g/mol. The van der Waals surface area contributed by atoms with Crippen LogP contribution >= 0.6 is 22.9 Å². The van der Waals surface area contributed by atoms with Crippen LogP contribution in [-0.4, -0.2) is 49.6 Å². The van der Waals surface area contributed by atoms with Crippen molar-refractivity contribution < 1.29 is 14.3 Å². The second-order valence-corrected chi connectivity index (χ2v) is 11.1. The smallest absolute Gasteiger partial charge is 0.247 e. The normalized spacial score (nSPS) is 12.1. The number of rotatable bonds is 9. The van der Waals surface area contributed by atoms with Crippen molar-refractivity contribution in [3.63, 3.8) is 0 Å². The van der Waals surface area contributed by atoms with Crippen molar-refractivity contribution in [2.45, 2.75) is 45.4 Å². The van der Waals surface area contributed by atoms with E-state index in [1.165, 1.54) is 21.0 Å². The Hall–Kier alpha value is -3.76. The van der Waals surface area contributed by atoms with Crippen LogP contribution in [0.3, 0.4) is 0 Å². The molecule has 0 saturated heterocycles. The summed E-state index contributed by atoms with van der Waals surface area (Å²) in [6, 6.07) is 17.1. The summed E-state index contributed by atoms with van der Waals surface area (Å²) in [5.74, 6) is 0.473. The summed E-state index contributed by atoms with van der Waals surface area (Å²) >= 11 is 7.62. The quantitative estimate of drug-likeness (QED) is 0.321. The molecule has 1 atom stereocenters. The van der Waals surface area contributed by atoms with Gasteiger partial charge in [-0.25, -0.2) is 0 Å². The van der Waals surface area contributed by atoms with Gasteiger partial charge in [0, 0.05) is 17.1 Å². The highest BCUT2D eigenvalue weighted by atomic mass is 35.5. The van der Waals surface area contributed by atoms with Crippen molar-refractivity contribution >= 4 is 34.8 Å². The van der Waals surface area contributed by atoms with Crippen LogP contribution in [0.5, 0.6) is 5.75 Å². The van der Waals surface area contributed by atoms with Crippen LogP contribution in [0.4, 0.5) is 0 Å². The van der Waals surface area contributed by atoms with Crippen molar-refractivity contribution in [1.82, 2.24) is 30.4 Å². The van der Waals surface area contributed by atoms with Gasteiger partial charge in [-0.1, -0.05) is 41.9 Å². The number of aromatic nitrogens is 4. The first-order valence-electron chi connectivity index (χ1n) is 11.9. The van der Waals surface area contributed by atoms with Crippen molar-refractivity contribution in [2.24, 2.45) is 0 Å². The van der Waals surface area contributed by atoms with E-state index >= 15 is 0 Å². The van der Waals surface area contributed by atoms with E-state index in [2.05, 4.69) is 20.7 Å². The molecule has 1 unspecified atom stereocenters. The Balaban J connectivity index is 1.70. The number of tetrazole rings is 1. The van der Waals surface area contributed by atoms with Crippen LogP contribution < -0.4 is 10.1 Å². The van der Waals surface area contributed by atoms with Crippen LogP contribution in [0.25, 0.3) is 10.7 Å². The van der Waals surface area contributed by atoms with Gasteiger partial charge in [0.15, 0.2) is 0 Å². The largest absolute Gasteiger partial charge is 0.497 e. The van der Waals surface area contributed by atoms with Crippen molar-refractivity contribution in [3.8, 4) is 16.5 Å². The highest BCUT2D eigenvalue weighted by Gasteiger charge is 2.34. The van der Waals surface area contributed by atoms with Gasteiger partial charge >= 0.3 is 0 Å². The Morgan fingerprint density at radius 3 is 2.42 bits per heavy atom. The van der Waals surface area contributed by atoms with E-state index in [-0.39, 0.29) is 24.9 Å². The highest BCUT2D eigenvalue weighted by Crippen LogP contribution is 2.27. The molecule has 0 bridgehead atoms. The van der Waals surface area contributed by atoms with Gasteiger partial charge in [-0.2, -0.15) is 4.80 Å². The first-order chi connectivity index (χ1) is 18.1. The van der Waals surface area contributed by atoms with Gasteiger partial charge in [-0.05, 0) is 72.8 Å². The van der Waals surface area contributed by atoms with Crippen LogP contribution in [0.1, 0.15) is 37.9 Å². The molecular formula is C27H29ClN6O3S. The molecule has 4 rings (SSSR count). The van der Waals surface area contributed by atoms with Gasteiger partial charge in [0.05, 0.1) is 12.0 Å². The van der Waals surface area contributed by atoms with Crippen LogP contribution in [0, 0.1) is 0 Å². The molecule has 0 aliphatic rings. The number of halogens is 1. The number of carbonyl (C=O) groups excluding carboxylic acids is 2. The van der Waals surface area contributed by atoms with Gasteiger partial charge in [-0.15, -0.1) is 21.5 Å². The fourth-order valence-electron chi connectivity index (χ4n) is 3.83. The second kappa shape index (κ2) is 11.7. The number of nitrogens with zero attached hydrogens (tertiary/aromatic N) is 5. The van der Waals surface area contributed by atoms with Crippen LogP contribution in [0.15, 0.2) is 66.0 Å². The molecule has 2 aromatic carbocycles. The molecular weight excluding hydrogens is 524 g/mol. The number of carbonyl (C=O) groups is 2. The molecule has 198 valence electrons. The van der Waals surface area contributed by atoms with Gasteiger partial charge in [0.2, 0.25) is 17.6 Å². The standard InChI is InChI=1S/C27H29ClN6O3S/c1-27(2,3)29-26(36)24(19-9-11-20(28)12-10-19)33(16-18-7-13-21(37-4)14-8-18)23(35)17-34-31-25(30-32-34)22-6-5-15-38-22/h5-15,24H,16-17H2,1-4H3,(H,29,36). The maximum Gasteiger partial charge on any atom is 0.247 e. The Labute approximate surface area is 230 Å². The van der Waals surface area contributed by atoms with Gasteiger partial charge in [0.1, 0.15) is 18.3 Å². The summed E-state index contributed by atoms with van der Waals surface area (Å²) in [5.41, 5.74) is 0.941. The number of nitrogens with one attached hydrogen (secondary N) is 1. The first-order valence-corrected chi connectivity index (χ1v) is 13.2.